The number of carbonyl (C=O) groups excluding carboxylic acids is 1. The zero-order valence-corrected chi connectivity index (χ0v) is 18.8. The molecule has 4 rings (SSSR count). The Morgan fingerprint density at radius 2 is 1.82 bits per heavy atom. The van der Waals surface area contributed by atoms with Gasteiger partial charge in [0.25, 0.3) is 5.91 Å². The molecule has 4 aromatic rings. The summed E-state index contributed by atoms with van der Waals surface area (Å²) in [7, 11) is 0. The second-order valence-corrected chi connectivity index (χ2v) is 8.05. The Morgan fingerprint density at radius 3 is 2.52 bits per heavy atom. The number of anilines is 1. The highest BCUT2D eigenvalue weighted by molar-refractivity contribution is 6.30. The first-order chi connectivity index (χ1) is 15.8. The van der Waals surface area contributed by atoms with Crippen LogP contribution in [0.1, 0.15) is 32.9 Å². The minimum Gasteiger partial charge on any atom is -0.305 e. The van der Waals surface area contributed by atoms with Crippen LogP contribution in [0.25, 0.3) is 0 Å². The first-order valence-corrected chi connectivity index (χ1v) is 10.5. The topological polar surface area (TPSA) is 108 Å². The highest BCUT2D eigenvalue weighted by Crippen LogP contribution is 2.23. The number of hydrogen-bond donors (Lipinski definition) is 1. The number of nitro groups is 1. The van der Waals surface area contributed by atoms with Crippen LogP contribution in [0, 0.1) is 24.0 Å². The zero-order valence-electron chi connectivity index (χ0n) is 18.0. The van der Waals surface area contributed by atoms with E-state index in [4.69, 9.17) is 11.6 Å². The molecule has 0 atom stereocenters. The zero-order chi connectivity index (χ0) is 23.5. The van der Waals surface area contributed by atoms with Gasteiger partial charge in [-0.1, -0.05) is 35.9 Å². The van der Waals surface area contributed by atoms with Gasteiger partial charge in [0.2, 0.25) is 0 Å². The summed E-state index contributed by atoms with van der Waals surface area (Å²) in [5.41, 5.74) is 3.14. The number of aromatic nitrogens is 4. The SMILES string of the molecule is Cc1nn(Cc2cccc(C(=O)Nc3ccn(Cc4ccc(Cl)cc4)n3)c2)c(C)c1[N+](=O)[O-]. The smallest absolute Gasteiger partial charge is 0.305 e. The van der Waals surface area contributed by atoms with E-state index >= 15 is 0 Å². The molecule has 0 spiro atoms. The van der Waals surface area contributed by atoms with E-state index in [-0.39, 0.29) is 11.6 Å². The second kappa shape index (κ2) is 9.25. The monoisotopic (exact) mass is 464 g/mol. The summed E-state index contributed by atoms with van der Waals surface area (Å²) in [6, 6.07) is 16.3. The summed E-state index contributed by atoms with van der Waals surface area (Å²) < 4.78 is 3.30. The van der Waals surface area contributed by atoms with Crippen LogP contribution >= 0.6 is 11.6 Å². The van der Waals surface area contributed by atoms with Crippen molar-refractivity contribution < 1.29 is 9.72 Å². The summed E-state index contributed by atoms with van der Waals surface area (Å²) in [6.07, 6.45) is 1.79. The lowest BCUT2D eigenvalue weighted by atomic mass is 10.1. The van der Waals surface area contributed by atoms with Crippen molar-refractivity contribution in [3.63, 3.8) is 0 Å². The fourth-order valence-electron chi connectivity index (χ4n) is 3.57. The molecule has 0 aliphatic heterocycles. The van der Waals surface area contributed by atoms with E-state index in [0.29, 0.717) is 40.9 Å². The first kappa shape index (κ1) is 22.2. The van der Waals surface area contributed by atoms with E-state index in [1.807, 2.05) is 30.3 Å². The summed E-state index contributed by atoms with van der Waals surface area (Å²) in [5.74, 6) is 0.140. The lowest BCUT2D eigenvalue weighted by Gasteiger charge is -2.07. The van der Waals surface area contributed by atoms with Crippen molar-refractivity contribution in [2.75, 3.05) is 5.32 Å². The molecule has 0 saturated heterocycles. The Labute approximate surface area is 194 Å². The Balaban J connectivity index is 1.44. The lowest BCUT2D eigenvalue weighted by Crippen LogP contribution is -2.14. The number of nitrogens with one attached hydrogen (secondary N) is 1. The highest BCUT2D eigenvalue weighted by Gasteiger charge is 2.21. The number of amides is 1. The molecule has 0 aliphatic rings. The summed E-state index contributed by atoms with van der Waals surface area (Å²) >= 11 is 5.92. The lowest BCUT2D eigenvalue weighted by molar-refractivity contribution is -0.386. The molecule has 10 heteroatoms. The van der Waals surface area contributed by atoms with Crippen molar-refractivity contribution in [3.05, 3.63) is 104 Å². The van der Waals surface area contributed by atoms with E-state index in [1.165, 1.54) is 0 Å². The van der Waals surface area contributed by atoms with Crippen LogP contribution in [0.4, 0.5) is 11.5 Å². The van der Waals surface area contributed by atoms with Crippen LogP contribution in [-0.4, -0.2) is 30.4 Å². The molecule has 1 amide bonds. The van der Waals surface area contributed by atoms with Crippen LogP contribution in [0.2, 0.25) is 5.02 Å². The van der Waals surface area contributed by atoms with Gasteiger partial charge >= 0.3 is 5.69 Å². The molecule has 0 saturated carbocycles. The standard InChI is InChI=1S/C23H21ClN6O3/c1-15-22(30(32)33)16(2)29(26-15)14-18-4-3-5-19(12-18)23(31)25-21-10-11-28(27-21)13-17-6-8-20(24)9-7-17/h3-12H,13-14H2,1-2H3,(H,25,27,31). The molecule has 0 radical (unpaired) electrons. The van der Waals surface area contributed by atoms with E-state index in [9.17, 15) is 14.9 Å². The molecular weight excluding hydrogens is 444 g/mol. The summed E-state index contributed by atoms with van der Waals surface area (Å²) in [6.45, 7) is 4.14. The number of aryl methyl sites for hydroxylation is 1. The van der Waals surface area contributed by atoms with E-state index < -0.39 is 4.92 Å². The molecule has 0 unspecified atom stereocenters. The number of benzene rings is 2. The third kappa shape index (κ3) is 5.09. The van der Waals surface area contributed by atoms with Crippen LogP contribution in [0.5, 0.6) is 0 Å². The average Bonchev–Trinajstić information content (AvgIpc) is 3.33. The molecule has 1 N–H and O–H groups in total. The van der Waals surface area contributed by atoms with E-state index in [2.05, 4.69) is 15.5 Å². The van der Waals surface area contributed by atoms with Gasteiger partial charge in [0.05, 0.1) is 18.0 Å². The molecule has 2 heterocycles. The third-order valence-electron chi connectivity index (χ3n) is 5.19. The van der Waals surface area contributed by atoms with E-state index in [1.54, 1.807) is 53.7 Å². The summed E-state index contributed by atoms with van der Waals surface area (Å²) in [4.78, 5) is 23.6. The van der Waals surface area contributed by atoms with Gasteiger partial charge in [0.15, 0.2) is 5.82 Å². The molecular formula is C23H21ClN6O3. The maximum absolute atomic E-state index is 12.8. The van der Waals surface area contributed by atoms with Gasteiger partial charge < -0.3 is 5.32 Å². The molecule has 2 aromatic heterocycles. The predicted octanol–water partition coefficient (Wildman–Crippen LogP) is 4.61. The van der Waals surface area contributed by atoms with Crippen molar-refractivity contribution in [3.8, 4) is 0 Å². The number of nitrogens with zero attached hydrogens (tertiary/aromatic N) is 5. The second-order valence-electron chi connectivity index (χ2n) is 7.61. The summed E-state index contributed by atoms with van der Waals surface area (Å²) in [5, 5.41) is 23.4. The van der Waals surface area contributed by atoms with Gasteiger partial charge in [0, 0.05) is 22.8 Å². The van der Waals surface area contributed by atoms with Crippen molar-refractivity contribution in [1.82, 2.24) is 19.6 Å². The van der Waals surface area contributed by atoms with Crippen molar-refractivity contribution in [2.24, 2.45) is 0 Å². The highest BCUT2D eigenvalue weighted by atomic mass is 35.5. The Bertz CT molecular complexity index is 1330. The van der Waals surface area contributed by atoms with Gasteiger partial charge in [-0.15, -0.1) is 0 Å². The van der Waals surface area contributed by atoms with Crippen molar-refractivity contribution in [2.45, 2.75) is 26.9 Å². The average molecular weight is 465 g/mol. The molecule has 0 bridgehead atoms. The predicted molar refractivity (Wildman–Crippen MR) is 125 cm³/mol. The number of carbonyl (C=O) groups is 1. The normalized spacial score (nSPS) is 10.9. The quantitative estimate of drug-likeness (QED) is 0.317. The van der Waals surface area contributed by atoms with Gasteiger partial charge in [-0.2, -0.15) is 10.2 Å². The van der Waals surface area contributed by atoms with Crippen LogP contribution in [-0.2, 0) is 13.1 Å². The number of hydrogen-bond acceptors (Lipinski definition) is 5. The van der Waals surface area contributed by atoms with Gasteiger partial charge in [-0.3, -0.25) is 24.3 Å². The van der Waals surface area contributed by atoms with Gasteiger partial charge in [-0.25, -0.2) is 0 Å². The van der Waals surface area contributed by atoms with Crippen LogP contribution < -0.4 is 5.32 Å². The Hall–Kier alpha value is -3.98. The Kier molecular flexibility index (Phi) is 6.23. The van der Waals surface area contributed by atoms with Crippen molar-refractivity contribution in [1.29, 1.82) is 0 Å². The number of rotatable bonds is 7. The molecule has 0 aliphatic carbocycles. The molecule has 2 aromatic carbocycles. The van der Waals surface area contributed by atoms with Crippen LogP contribution in [0.15, 0.2) is 60.8 Å². The van der Waals surface area contributed by atoms with Crippen LogP contribution in [0.3, 0.4) is 0 Å². The minimum absolute atomic E-state index is 0.0121. The number of halogens is 1. The maximum atomic E-state index is 12.8. The fourth-order valence-corrected chi connectivity index (χ4v) is 3.70. The largest absolute Gasteiger partial charge is 0.312 e. The fraction of sp³-hybridized carbons (Fsp3) is 0.174. The maximum Gasteiger partial charge on any atom is 0.312 e. The van der Waals surface area contributed by atoms with Gasteiger partial charge in [-0.05, 0) is 49.2 Å². The molecule has 0 fully saturated rings. The first-order valence-electron chi connectivity index (χ1n) is 10.2. The molecule has 9 nitrogen and oxygen atoms in total. The molecule has 168 valence electrons. The van der Waals surface area contributed by atoms with E-state index in [0.717, 1.165) is 11.1 Å². The Morgan fingerprint density at radius 1 is 1.06 bits per heavy atom. The molecule has 33 heavy (non-hydrogen) atoms. The van der Waals surface area contributed by atoms with Gasteiger partial charge in [0.1, 0.15) is 11.4 Å². The van der Waals surface area contributed by atoms with Crippen molar-refractivity contribution >= 4 is 29.0 Å². The minimum atomic E-state index is -0.426. The third-order valence-corrected chi connectivity index (χ3v) is 5.44.